The SMILES string of the molecule is O=C(NCC(F)(F)CO)c1cn(C2CNC2)nn1. The van der Waals surface area contributed by atoms with Crippen molar-refractivity contribution in [3.63, 3.8) is 0 Å². The highest BCUT2D eigenvalue weighted by atomic mass is 19.3. The van der Waals surface area contributed by atoms with Crippen molar-refractivity contribution in [3.8, 4) is 0 Å². The van der Waals surface area contributed by atoms with Crippen molar-refractivity contribution in [2.45, 2.75) is 12.0 Å². The summed E-state index contributed by atoms with van der Waals surface area (Å²) in [6.07, 6.45) is 1.41. The summed E-state index contributed by atoms with van der Waals surface area (Å²) in [6, 6.07) is 0.151. The Morgan fingerprint density at radius 1 is 1.67 bits per heavy atom. The number of halogens is 2. The van der Waals surface area contributed by atoms with E-state index in [9.17, 15) is 13.6 Å². The highest BCUT2D eigenvalue weighted by molar-refractivity contribution is 5.91. The minimum Gasteiger partial charge on any atom is -0.390 e. The van der Waals surface area contributed by atoms with Gasteiger partial charge >= 0.3 is 0 Å². The molecule has 1 aromatic heterocycles. The molecule has 7 nitrogen and oxygen atoms in total. The van der Waals surface area contributed by atoms with Gasteiger partial charge in [-0.05, 0) is 0 Å². The standard InChI is InChI=1S/C9H13F2N5O2/c10-9(11,5-17)4-13-8(18)7-3-16(15-14-7)6-1-12-2-6/h3,6,12,17H,1-2,4-5H2,(H,13,18). The minimum absolute atomic E-state index is 0.0179. The van der Waals surface area contributed by atoms with Crippen LogP contribution in [0.2, 0.25) is 0 Å². The lowest BCUT2D eigenvalue weighted by Gasteiger charge is -2.26. The van der Waals surface area contributed by atoms with Crippen molar-refractivity contribution >= 4 is 5.91 Å². The first-order chi connectivity index (χ1) is 8.52. The van der Waals surface area contributed by atoms with Crippen LogP contribution in [-0.2, 0) is 0 Å². The van der Waals surface area contributed by atoms with Crippen LogP contribution in [0.1, 0.15) is 16.5 Å². The third-order valence-electron chi connectivity index (χ3n) is 2.62. The number of nitrogens with one attached hydrogen (secondary N) is 2. The van der Waals surface area contributed by atoms with Gasteiger partial charge in [0.15, 0.2) is 5.69 Å². The van der Waals surface area contributed by atoms with E-state index in [-0.39, 0.29) is 11.7 Å². The quantitative estimate of drug-likeness (QED) is 0.618. The number of hydrogen-bond acceptors (Lipinski definition) is 5. The molecule has 1 aliphatic heterocycles. The topological polar surface area (TPSA) is 92.1 Å². The van der Waals surface area contributed by atoms with Crippen molar-refractivity contribution < 1.29 is 18.7 Å². The Bertz CT molecular complexity index is 432. The van der Waals surface area contributed by atoms with E-state index in [2.05, 4.69) is 15.6 Å². The molecule has 1 aromatic rings. The van der Waals surface area contributed by atoms with E-state index in [0.29, 0.717) is 0 Å². The Morgan fingerprint density at radius 2 is 2.39 bits per heavy atom. The molecule has 1 fully saturated rings. The van der Waals surface area contributed by atoms with E-state index in [4.69, 9.17) is 5.11 Å². The van der Waals surface area contributed by atoms with Crippen LogP contribution < -0.4 is 10.6 Å². The van der Waals surface area contributed by atoms with Crippen LogP contribution in [0.3, 0.4) is 0 Å². The number of carbonyl (C=O) groups is 1. The molecule has 1 amide bonds. The van der Waals surface area contributed by atoms with Crippen LogP contribution in [0.4, 0.5) is 8.78 Å². The van der Waals surface area contributed by atoms with Crippen molar-refractivity contribution in [1.29, 1.82) is 0 Å². The number of aromatic nitrogens is 3. The van der Waals surface area contributed by atoms with Crippen LogP contribution in [0.5, 0.6) is 0 Å². The van der Waals surface area contributed by atoms with Gasteiger partial charge in [0, 0.05) is 13.1 Å². The third kappa shape index (κ3) is 2.79. The average Bonchev–Trinajstić information content (AvgIpc) is 2.73. The summed E-state index contributed by atoms with van der Waals surface area (Å²) in [5, 5.41) is 20.8. The third-order valence-corrected chi connectivity index (χ3v) is 2.62. The Balaban J connectivity index is 1.90. The van der Waals surface area contributed by atoms with Crippen LogP contribution in [0.15, 0.2) is 6.20 Å². The summed E-state index contributed by atoms with van der Waals surface area (Å²) in [5.41, 5.74) is -0.0179. The largest absolute Gasteiger partial charge is 0.390 e. The molecular weight excluding hydrogens is 248 g/mol. The Morgan fingerprint density at radius 3 is 2.94 bits per heavy atom. The highest BCUT2D eigenvalue weighted by Crippen LogP contribution is 2.11. The van der Waals surface area contributed by atoms with E-state index in [1.807, 2.05) is 5.32 Å². The van der Waals surface area contributed by atoms with E-state index in [0.717, 1.165) is 13.1 Å². The fraction of sp³-hybridized carbons (Fsp3) is 0.667. The highest BCUT2D eigenvalue weighted by Gasteiger charge is 2.29. The Kier molecular flexibility index (Phi) is 3.53. The summed E-state index contributed by atoms with van der Waals surface area (Å²) in [4.78, 5) is 11.5. The van der Waals surface area contributed by atoms with E-state index in [1.165, 1.54) is 10.9 Å². The second-order valence-electron chi connectivity index (χ2n) is 4.09. The molecule has 0 bridgehead atoms. The summed E-state index contributed by atoms with van der Waals surface area (Å²) in [5.74, 6) is -4.06. The molecule has 0 radical (unpaired) electrons. The Hall–Kier alpha value is -1.61. The molecule has 2 heterocycles. The zero-order valence-electron chi connectivity index (χ0n) is 9.44. The second-order valence-corrected chi connectivity index (χ2v) is 4.09. The number of rotatable bonds is 5. The van der Waals surface area contributed by atoms with Crippen molar-refractivity contribution in [2.24, 2.45) is 0 Å². The molecule has 0 atom stereocenters. The lowest BCUT2D eigenvalue weighted by Crippen LogP contribution is -2.43. The molecular formula is C9H13F2N5O2. The molecule has 18 heavy (non-hydrogen) atoms. The Labute approximate surface area is 101 Å². The van der Waals surface area contributed by atoms with Gasteiger partial charge in [-0.2, -0.15) is 0 Å². The fourth-order valence-electron chi connectivity index (χ4n) is 1.38. The van der Waals surface area contributed by atoms with Crippen LogP contribution in [0, 0.1) is 0 Å². The number of aliphatic hydroxyl groups excluding tert-OH is 1. The maximum atomic E-state index is 12.7. The summed E-state index contributed by atoms with van der Waals surface area (Å²) >= 11 is 0. The van der Waals surface area contributed by atoms with Gasteiger partial charge in [-0.3, -0.25) is 4.79 Å². The number of hydrogen-bond donors (Lipinski definition) is 3. The second kappa shape index (κ2) is 4.94. The van der Waals surface area contributed by atoms with E-state index < -0.39 is 25.0 Å². The maximum absolute atomic E-state index is 12.7. The molecule has 3 N–H and O–H groups in total. The fourth-order valence-corrected chi connectivity index (χ4v) is 1.38. The summed E-state index contributed by atoms with van der Waals surface area (Å²) < 4.78 is 26.9. The zero-order valence-corrected chi connectivity index (χ0v) is 9.44. The van der Waals surface area contributed by atoms with Gasteiger partial charge in [-0.15, -0.1) is 5.10 Å². The van der Waals surface area contributed by atoms with Gasteiger partial charge in [0.1, 0.15) is 6.61 Å². The number of aliphatic hydroxyl groups is 1. The van der Waals surface area contributed by atoms with E-state index in [1.54, 1.807) is 0 Å². The smallest absolute Gasteiger partial charge is 0.287 e. The monoisotopic (exact) mass is 261 g/mol. The lowest BCUT2D eigenvalue weighted by atomic mass is 10.2. The first-order valence-electron chi connectivity index (χ1n) is 5.41. The number of nitrogens with zero attached hydrogens (tertiary/aromatic N) is 3. The molecule has 0 aromatic carbocycles. The molecule has 0 aliphatic carbocycles. The molecule has 0 unspecified atom stereocenters. The number of alkyl halides is 2. The van der Waals surface area contributed by atoms with Gasteiger partial charge < -0.3 is 15.7 Å². The van der Waals surface area contributed by atoms with Crippen molar-refractivity contribution in [1.82, 2.24) is 25.6 Å². The van der Waals surface area contributed by atoms with Crippen molar-refractivity contribution in [3.05, 3.63) is 11.9 Å². The predicted molar refractivity (Wildman–Crippen MR) is 56.3 cm³/mol. The lowest BCUT2D eigenvalue weighted by molar-refractivity contribution is -0.0462. The van der Waals surface area contributed by atoms with Crippen LogP contribution >= 0.6 is 0 Å². The molecule has 100 valence electrons. The van der Waals surface area contributed by atoms with Gasteiger partial charge in [0.05, 0.1) is 18.8 Å². The van der Waals surface area contributed by atoms with Crippen molar-refractivity contribution in [2.75, 3.05) is 26.2 Å². The van der Waals surface area contributed by atoms with Gasteiger partial charge in [0.2, 0.25) is 0 Å². The predicted octanol–water partition coefficient (Wildman–Crippen LogP) is -1.22. The molecule has 0 spiro atoms. The van der Waals surface area contributed by atoms with Gasteiger partial charge in [-0.1, -0.05) is 5.21 Å². The van der Waals surface area contributed by atoms with Gasteiger partial charge in [0.25, 0.3) is 11.8 Å². The molecule has 0 saturated carbocycles. The summed E-state index contributed by atoms with van der Waals surface area (Å²) in [7, 11) is 0. The number of amides is 1. The summed E-state index contributed by atoms with van der Waals surface area (Å²) in [6.45, 7) is -0.756. The van der Waals surface area contributed by atoms with Crippen LogP contribution in [-0.4, -0.2) is 58.2 Å². The normalized spacial score (nSPS) is 16.4. The molecule has 1 saturated heterocycles. The molecule has 1 aliphatic rings. The van der Waals surface area contributed by atoms with Gasteiger partial charge in [-0.25, -0.2) is 13.5 Å². The number of carbonyl (C=O) groups excluding carboxylic acids is 1. The van der Waals surface area contributed by atoms with E-state index >= 15 is 0 Å². The molecule has 2 rings (SSSR count). The van der Waals surface area contributed by atoms with Crippen LogP contribution in [0.25, 0.3) is 0 Å². The average molecular weight is 261 g/mol. The maximum Gasteiger partial charge on any atom is 0.287 e. The molecule has 9 heteroatoms. The minimum atomic E-state index is -3.33. The first kappa shape index (κ1) is 12.8. The first-order valence-corrected chi connectivity index (χ1v) is 5.41. The zero-order chi connectivity index (χ0) is 13.2.